The Kier molecular flexibility index (Phi) is 4.97. The molecule has 138 valence electrons. The molecular formula is C23H19N3O2. The Morgan fingerprint density at radius 2 is 1.07 bits per heavy atom. The normalized spacial score (nSPS) is 10.5. The van der Waals surface area contributed by atoms with E-state index in [9.17, 15) is 0 Å². The molecule has 0 saturated heterocycles. The Labute approximate surface area is 163 Å². The fourth-order valence-electron chi connectivity index (χ4n) is 2.96. The molecule has 0 N–H and O–H groups in total. The Morgan fingerprint density at radius 3 is 1.50 bits per heavy atom. The van der Waals surface area contributed by atoms with E-state index in [2.05, 4.69) is 9.97 Å². The van der Waals surface area contributed by atoms with Gasteiger partial charge in [0.2, 0.25) is 0 Å². The van der Waals surface area contributed by atoms with Crippen LogP contribution in [-0.2, 0) is 0 Å². The van der Waals surface area contributed by atoms with E-state index in [-0.39, 0.29) is 0 Å². The summed E-state index contributed by atoms with van der Waals surface area (Å²) in [5.74, 6) is 1.45. The summed E-state index contributed by atoms with van der Waals surface area (Å²) in [6.45, 7) is 0. The minimum absolute atomic E-state index is 0.727. The Bertz CT molecular complexity index is 1000. The molecule has 4 rings (SSSR count). The second-order valence-electron chi connectivity index (χ2n) is 6.16. The van der Waals surface area contributed by atoms with Crippen molar-refractivity contribution in [2.45, 2.75) is 0 Å². The summed E-state index contributed by atoms with van der Waals surface area (Å²) in [6, 6.07) is 21.4. The molecule has 0 spiro atoms. The third kappa shape index (κ3) is 3.69. The van der Waals surface area contributed by atoms with E-state index in [1.807, 2.05) is 66.7 Å². The maximum atomic E-state index is 5.43. The summed E-state index contributed by atoms with van der Waals surface area (Å²) in [6.07, 6.45) is 3.53. The Hall–Kier alpha value is -3.73. The summed E-state index contributed by atoms with van der Waals surface area (Å²) < 4.78 is 10.9. The van der Waals surface area contributed by atoms with Crippen LogP contribution in [0.5, 0.6) is 11.5 Å². The van der Waals surface area contributed by atoms with Crippen LogP contribution in [0.1, 0.15) is 0 Å². The highest BCUT2D eigenvalue weighted by molar-refractivity contribution is 5.76. The molecule has 0 aliphatic heterocycles. The molecule has 0 amide bonds. The first-order chi connectivity index (χ1) is 13.8. The zero-order valence-corrected chi connectivity index (χ0v) is 15.7. The SMILES string of the molecule is COc1cc(OC)cc(-c2cc(-c3ccccn3)nc(-c3ccccn3)c2)c1. The lowest BCUT2D eigenvalue weighted by Gasteiger charge is -2.12. The highest BCUT2D eigenvalue weighted by Gasteiger charge is 2.12. The van der Waals surface area contributed by atoms with Crippen LogP contribution in [-0.4, -0.2) is 29.2 Å². The summed E-state index contributed by atoms with van der Waals surface area (Å²) in [7, 11) is 3.29. The van der Waals surface area contributed by atoms with E-state index in [0.29, 0.717) is 0 Å². The van der Waals surface area contributed by atoms with Gasteiger partial charge in [0.25, 0.3) is 0 Å². The second kappa shape index (κ2) is 7.88. The first-order valence-electron chi connectivity index (χ1n) is 8.85. The summed E-state index contributed by atoms with van der Waals surface area (Å²) in [5, 5.41) is 0. The van der Waals surface area contributed by atoms with Crippen molar-refractivity contribution in [3.05, 3.63) is 79.1 Å². The highest BCUT2D eigenvalue weighted by Crippen LogP contribution is 2.33. The number of benzene rings is 1. The van der Waals surface area contributed by atoms with Crippen LogP contribution in [0.2, 0.25) is 0 Å². The average Bonchev–Trinajstić information content (AvgIpc) is 2.79. The van der Waals surface area contributed by atoms with E-state index in [1.54, 1.807) is 26.6 Å². The fraction of sp³-hybridized carbons (Fsp3) is 0.0870. The average molecular weight is 369 g/mol. The summed E-state index contributed by atoms with van der Waals surface area (Å²) in [5.41, 5.74) is 5.11. The number of hydrogen-bond acceptors (Lipinski definition) is 5. The van der Waals surface area contributed by atoms with Gasteiger partial charge in [-0.1, -0.05) is 12.1 Å². The number of methoxy groups -OCH3 is 2. The fourth-order valence-corrected chi connectivity index (χ4v) is 2.96. The van der Waals surface area contributed by atoms with Gasteiger partial charge in [0, 0.05) is 18.5 Å². The van der Waals surface area contributed by atoms with Crippen molar-refractivity contribution < 1.29 is 9.47 Å². The highest BCUT2D eigenvalue weighted by atomic mass is 16.5. The van der Waals surface area contributed by atoms with Crippen molar-refractivity contribution in [3.63, 3.8) is 0 Å². The Balaban J connectivity index is 1.92. The topological polar surface area (TPSA) is 57.1 Å². The number of nitrogens with zero attached hydrogens (tertiary/aromatic N) is 3. The molecule has 0 bridgehead atoms. The number of hydrogen-bond donors (Lipinski definition) is 0. The molecular weight excluding hydrogens is 350 g/mol. The van der Waals surface area contributed by atoms with E-state index < -0.39 is 0 Å². The third-order valence-corrected chi connectivity index (χ3v) is 4.36. The number of ether oxygens (including phenoxy) is 2. The van der Waals surface area contributed by atoms with Gasteiger partial charge in [-0.05, 0) is 59.7 Å². The maximum Gasteiger partial charge on any atom is 0.123 e. The van der Waals surface area contributed by atoms with E-state index in [4.69, 9.17) is 14.5 Å². The molecule has 0 unspecified atom stereocenters. The monoisotopic (exact) mass is 369 g/mol. The van der Waals surface area contributed by atoms with Gasteiger partial charge in [0.05, 0.1) is 37.0 Å². The second-order valence-corrected chi connectivity index (χ2v) is 6.16. The van der Waals surface area contributed by atoms with Crippen molar-refractivity contribution >= 4 is 0 Å². The minimum Gasteiger partial charge on any atom is -0.497 e. The van der Waals surface area contributed by atoms with Gasteiger partial charge in [0.1, 0.15) is 11.5 Å². The van der Waals surface area contributed by atoms with Crippen molar-refractivity contribution in [2.24, 2.45) is 0 Å². The predicted molar refractivity (Wildman–Crippen MR) is 109 cm³/mol. The maximum absolute atomic E-state index is 5.43. The number of pyridine rings is 3. The lowest BCUT2D eigenvalue weighted by atomic mass is 10.0. The van der Waals surface area contributed by atoms with E-state index >= 15 is 0 Å². The summed E-state index contributed by atoms with van der Waals surface area (Å²) >= 11 is 0. The molecule has 1 aromatic carbocycles. The van der Waals surface area contributed by atoms with Crippen molar-refractivity contribution in [1.29, 1.82) is 0 Å². The predicted octanol–water partition coefficient (Wildman–Crippen LogP) is 4.89. The van der Waals surface area contributed by atoms with Crippen LogP contribution in [0.15, 0.2) is 79.1 Å². The minimum atomic E-state index is 0.727. The van der Waals surface area contributed by atoms with Crippen LogP contribution < -0.4 is 9.47 Å². The lowest BCUT2D eigenvalue weighted by molar-refractivity contribution is 0.394. The largest absolute Gasteiger partial charge is 0.497 e. The lowest BCUT2D eigenvalue weighted by Crippen LogP contribution is -1.94. The zero-order valence-electron chi connectivity index (χ0n) is 15.7. The molecule has 0 fully saturated rings. The van der Waals surface area contributed by atoms with Gasteiger partial charge in [0.15, 0.2) is 0 Å². The summed E-state index contributed by atoms with van der Waals surface area (Å²) in [4.78, 5) is 13.7. The molecule has 0 saturated carbocycles. The van der Waals surface area contributed by atoms with Crippen LogP contribution in [0.25, 0.3) is 33.9 Å². The first kappa shape index (κ1) is 17.7. The molecule has 4 aromatic rings. The Morgan fingerprint density at radius 1 is 0.571 bits per heavy atom. The number of rotatable bonds is 5. The van der Waals surface area contributed by atoms with Gasteiger partial charge in [-0.3, -0.25) is 9.97 Å². The van der Waals surface area contributed by atoms with Crippen molar-refractivity contribution in [1.82, 2.24) is 15.0 Å². The molecule has 0 radical (unpaired) electrons. The van der Waals surface area contributed by atoms with Crippen molar-refractivity contribution in [2.75, 3.05) is 14.2 Å². The van der Waals surface area contributed by atoms with E-state index in [1.165, 1.54) is 0 Å². The quantitative estimate of drug-likeness (QED) is 0.501. The van der Waals surface area contributed by atoms with Gasteiger partial charge < -0.3 is 9.47 Å². The zero-order chi connectivity index (χ0) is 19.3. The standard InChI is InChI=1S/C23H19N3O2/c1-27-18-11-16(12-19(15-18)28-2)17-13-22(20-7-3-5-9-24-20)26-23(14-17)21-8-4-6-10-25-21/h3-15H,1-2H3. The van der Waals surface area contributed by atoms with Gasteiger partial charge in [-0.25, -0.2) is 4.98 Å². The number of aromatic nitrogens is 3. The molecule has 5 nitrogen and oxygen atoms in total. The molecule has 5 heteroatoms. The van der Waals surface area contributed by atoms with Crippen molar-refractivity contribution in [3.8, 4) is 45.4 Å². The molecule has 28 heavy (non-hydrogen) atoms. The molecule has 3 aromatic heterocycles. The van der Waals surface area contributed by atoms with Gasteiger partial charge in [-0.2, -0.15) is 0 Å². The molecule has 3 heterocycles. The van der Waals surface area contributed by atoms with Crippen LogP contribution in [0.4, 0.5) is 0 Å². The van der Waals surface area contributed by atoms with Crippen LogP contribution in [0, 0.1) is 0 Å². The molecule has 0 aliphatic carbocycles. The van der Waals surface area contributed by atoms with Gasteiger partial charge in [-0.15, -0.1) is 0 Å². The van der Waals surface area contributed by atoms with Crippen LogP contribution in [0.3, 0.4) is 0 Å². The van der Waals surface area contributed by atoms with Gasteiger partial charge >= 0.3 is 0 Å². The molecule has 0 atom stereocenters. The first-order valence-corrected chi connectivity index (χ1v) is 8.85. The third-order valence-electron chi connectivity index (χ3n) is 4.36. The van der Waals surface area contributed by atoms with Crippen LogP contribution >= 0.6 is 0 Å². The smallest absolute Gasteiger partial charge is 0.123 e. The molecule has 0 aliphatic rings. The van der Waals surface area contributed by atoms with E-state index in [0.717, 1.165) is 45.4 Å².